The fraction of sp³-hybridized carbons (Fsp3) is 1.00. The Hall–Kier alpha value is 0.0569. The van der Waals surface area contributed by atoms with E-state index in [0.29, 0.717) is 0 Å². The molecule has 0 fully saturated rings. The van der Waals surface area contributed by atoms with Crippen molar-refractivity contribution in [2.45, 2.75) is 45.8 Å². The van der Waals surface area contributed by atoms with E-state index in [-0.39, 0.29) is 0 Å². The monoisotopic (exact) mass is 331 g/mol. The summed E-state index contributed by atoms with van der Waals surface area (Å²) in [6.45, 7) is 17.4. The maximum Gasteiger partial charge on any atom is 0.187 e. The van der Waals surface area contributed by atoms with Crippen molar-refractivity contribution >= 4 is 8.32 Å². The Morgan fingerprint density at radius 2 is 1.23 bits per heavy atom. The molecule has 4 nitrogen and oxygen atoms in total. The third-order valence-electron chi connectivity index (χ3n) is 4.69. The van der Waals surface area contributed by atoms with E-state index in [4.69, 9.17) is 4.43 Å². The van der Waals surface area contributed by atoms with Crippen LogP contribution in [0.4, 0.5) is 0 Å². The summed E-state index contributed by atoms with van der Waals surface area (Å²) >= 11 is 0. The average molecular weight is 332 g/mol. The van der Waals surface area contributed by atoms with E-state index in [1.165, 1.54) is 51.6 Å². The number of rotatable bonds is 14. The van der Waals surface area contributed by atoms with Crippen LogP contribution in [0.25, 0.3) is 0 Å². The molecule has 0 aliphatic heterocycles. The molecule has 0 atom stereocenters. The first kappa shape index (κ1) is 22.1. The van der Waals surface area contributed by atoms with Gasteiger partial charge in [0.25, 0.3) is 0 Å². The van der Waals surface area contributed by atoms with E-state index in [1.807, 2.05) is 7.11 Å². The van der Waals surface area contributed by atoms with Crippen LogP contribution in [0.15, 0.2) is 0 Å². The van der Waals surface area contributed by atoms with Crippen molar-refractivity contribution in [3.8, 4) is 0 Å². The number of hydrogen-bond donors (Lipinski definition) is 0. The topological polar surface area (TPSA) is 19.0 Å². The molecule has 0 spiro atoms. The van der Waals surface area contributed by atoms with Crippen LogP contribution < -0.4 is 0 Å². The van der Waals surface area contributed by atoms with Gasteiger partial charge in [0.1, 0.15) is 0 Å². The van der Waals surface area contributed by atoms with Crippen molar-refractivity contribution in [2.75, 3.05) is 67.0 Å². The van der Waals surface area contributed by atoms with Gasteiger partial charge in [0.15, 0.2) is 8.32 Å². The lowest BCUT2D eigenvalue weighted by molar-refractivity contribution is 0.236. The maximum absolute atomic E-state index is 5.70. The molecule has 0 aromatic heterocycles. The first-order chi connectivity index (χ1) is 10.3. The Kier molecular flexibility index (Phi) is 12.5. The summed E-state index contributed by atoms with van der Waals surface area (Å²) in [5.74, 6) is 0. The Bertz CT molecular complexity index is 248. The summed E-state index contributed by atoms with van der Waals surface area (Å²) in [6, 6.07) is 1.23. The normalized spacial score (nSPS) is 12.8. The van der Waals surface area contributed by atoms with Crippen LogP contribution >= 0.6 is 0 Å². The van der Waals surface area contributed by atoms with E-state index in [9.17, 15) is 0 Å². The van der Waals surface area contributed by atoms with Gasteiger partial charge in [0.2, 0.25) is 0 Å². The summed E-state index contributed by atoms with van der Waals surface area (Å²) in [4.78, 5) is 7.45. The highest BCUT2D eigenvalue weighted by atomic mass is 28.4. The molecule has 0 amide bonds. The molecule has 0 heterocycles. The minimum Gasteiger partial charge on any atom is -0.420 e. The molecule has 0 aromatic carbocycles. The van der Waals surface area contributed by atoms with Crippen molar-refractivity contribution in [3.63, 3.8) is 0 Å². The lowest BCUT2D eigenvalue weighted by Gasteiger charge is -2.28. The third kappa shape index (κ3) is 11.6. The SMILES string of the molecule is CCN(C)CCCN(CCCN(C)CC)CC[Si](C)(C)OC. The minimum atomic E-state index is -1.44. The van der Waals surface area contributed by atoms with Crippen LogP contribution in [0.5, 0.6) is 0 Å². The summed E-state index contributed by atoms with van der Waals surface area (Å²) < 4.78 is 5.70. The van der Waals surface area contributed by atoms with Crippen LogP contribution in [0.2, 0.25) is 19.1 Å². The minimum absolute atomic E-state index is 1.14. The van der Waals surface area contributed by atoms with Gasteiger partial charge in [-0.3, -0.25) is 0 Å². The van der Waals surface area contributed by atoms with Gasteiger partial charge in [-0.15, -0.1) is 0 Å². The second kappa shape index (κ2) is 12.5. The molecule has 0 aliphatic rings. The molecule has 0 bridgehead atoms. The van der Waals surface area contributed by atoms with E-state index >= 15 is 0 Å². The Morgan fingerprint density at radius 3 is 1.59 bits per heavy atom. The molecule has 0 saturated heterocycles. The van der Waals surface area contributed by atoms with Gasteiger partial charge in [-0.2, -0.15) is 0 Å². The van der Waals surface area contributed by atoms with Gasteiger partial charge in [0.05, 0.1) is 0 Å². The molecule has 0 N–H and O–H groups in total. The largest absolute Gasteiger partial charge is 0.420 e. The van der Waals surface area contributed by atoms with Gasteiger partial charge in [-0.05, 0) is 91.9 Å². The molecule has 0 saturated carbocycles. The standard InChI is InChI=1S/C17H41N3OSi/c1-8-18(3)12-10-14-20(15-11-13-19(4)9-2)16-17-22(6,7)21-5/h8-17H2,1-7H3. The van der Waals surface area contributed by atoms with Gasteiger partial charge in [0, 0.05) is 7.11 Å². The number of nitrogens with zero attached hydrogens (tertiary/aromatic N) is 3. The summed E-state index contributed by atoms with van der Waals surface area (Å²) in [5, 5.41) is 0. The Balaban J connectivity index is 4.18. The Morgan fingerprint density at radius 1 is 0.773 bits per heavy atom. The lowest BCUT2D eigenvalue weighted by Crippen LogP contribution is -2.37. The fourth-order valence-corrected chi connectivity index (χ4v) is 3.37. The van der Waals surface area contributed by atoms with Crippen LogP contribution in [0, 0.1) is 0 Å². The van der Waals surface area contributed by atoms with Gasteiger partial charge >= 0.3 is 0 Å². The van der Waals surface area contributed by atoms with Crippen molar-refractivity contribution < 1.29 is 4.43 Å². The predicted molar refractivity (Wildman–Crippen MR) is 101 cm³/mol. The smallest absolute Gasteiger partial charge is 0.187 e. The zero-order valence-electron chi connectivity index (χ0n) is 16.3. The number of hydrogen-bond acceptors (Lipinski definition) is 4. The summed E-state index contributed by atoms with van der Waals surface area (Å²) in [7, 11) is 4.86. The third-order valence-corrected chi connectivity index (χ3v) is 7.22. The van der Waals surface area contributed by atoms with Crippen LogP contribution in [-0.4, -0.2) is 90.0 Å². The van der Waals surface area contributed by atoms with E-state index in [2.05, 4.69) is 55.7 Å². The van der Waals surface area contributed by atoms with Gasteiger partial charge < -0.3 is 19.1 Å². The Labute approximate surface area is 140 Å². The zero-order chi connectivity index (χ0) is 17.0. The highest BCUT2D eigenvalue weighted by Crippen LogP contribution is 2.11. The van der Waals surface area contributed by atoms with Gasteiger partial charge in [-0.1, -0.05) is 13.8 Å². The molecule has 5 heteroatoms. The molecule has 0 rings (SSSR count). The second-order valence-corrected chi connectivity index (χ2v) is 11.5. The average Bonchev–Trinajstić information content (AvgIpc) is 2.51. The molecule has 0 unspecified atom stereocenters. The molecule has 0 aliphatic carbocycles. The molecule has 0 aromatic rings. The maximum atomic E-state index is 5.70. The highest BCUT2D eigenvalue weighted by molar-refractivity contribution is 6.71. The zero-order valence-corrected chi connectivity index (χ0v) is 17.3. The molecule has 22 heavy (non-hydrogen) atoms. The predicted octanol–water partition coefficient (Wildman–Crippen LogP) is 2.82. The van der Waals surface area contributed by atoms with E-state index in [0.717, 1.165) is 13.1 Å². The summed E-state index contributed by atoms with van der Waals surface area (Å²) in [6.07, 6.45) is 2.53. The van der Waals surface area contributed by atoms with Crippen LogP contribution in [0.3, 0.4) is 0 Å². The first-order valence-electron chi connectivity index (χ1n) is 8.99. The fourth-order valence-electron chi connectivity index (χ4n) is 2.31. The van der Waals surface area contributed by atoms with Crippen molar-refractivity contribution in [1.82, 2.24) is 14.7 Å². The van der Waals surface area contributed by atoms with Crippen molar-refractivity contribution in [1.29, 1.82) is 0 Å². The highest BCUT2D eigenvalue weighted by Gasteiger charge is 2.21. The van der Waals surface area contributed by atoms with Crippen molar-refractivity contribution in [3.05, 3.63) is 0 Å². The quantitative estimate of drug-likeness (QED) is 0.456. The van der Waals surface area contributed by atoms with Crippen molar-refractivity contribution in [2.24, 2.45) is 0 Å². The molecular formula is C17H41N3OSi. The van der Waals surface area contributed by atoms with E-state index in [1.54, 1.807) is 0 Å². The molecule has 0 radical (unpaired) electrons. The van der Waals surface area contributed by atoms with Crippen LogP contribution in [0.1, 0.15) is 26.7 Å². The van der Waals surface area contributed by atoms with Crippen LogP contribution in [-0.2, 0) is 4.43 Å². The second-order valence-electron chi connectivity index (χ2n) is 7.05. The summed E-state index contributed by atoms with van der Waals surface area (Å²) in [5.41, 5.74) is 0. The van der Waals surface area contributed by atoms with E-state index < -0.39 is 8.32 Å². The lowest BCUT2D eigenvalue weighted by atomic mass is 10.3. The van der Waals surface area contributed by atoms with Gasteiger partial charge in [-0.25, -0.2) is 0 Å². The first-order valence-corrected chi connectivity index (χ1v) is 12.1. The molecule has 134 valence electrons. The molecular weight excluding hydrogens is 290 g/mol.